The van der Waals surface area contributed by atoms with Crippen molar-refractivity contribution < 1.29 is 28.7 Å². The standard InChI is InChI=1S/C19H24FN3O5/c1-11(2)7-14(19(27)28)22-16(24)9-21-18(26)12-8-17(25)23(10-12)15-6-4-3-5-13(15)20/h3-6,11-12,14H,7-10H2,1-2H3,(H,21,26)(H,22,24)(H,27,28)/t12?,14-/m0/s1. The lowest BCUT2D eigenvalue weighted by Crippen LogP contribution is -2.47. The normalized spacial score (nSPS) is 17.5. The van der Waals surface area contributed by atoms with Crippen LogP contribution < -0.4 is 15.5 Å². The molecule has 8 nitrogen and oxygen atoms in total. The highest BCUT2D eigenvalue weighted by molar-refractivity contribution is 6.00. The van der Waals surface area contributed by atoms with Crippen molar-refractivity contribution in [2.75, 3.05) is 18.0 Å². The maximum Gasteiger partial charge on any atom is 0.326 e. The van der Waals surface area contributed by atoms with Crippen molar-refractivity contribution in [3.05, 3.63) is 30.1 Å². The first-order chi connectivity index (χ1) is 13.2. The van der Waals surface area contributed by atoms with E-state index in [-0.39, 0.29) is 36.9 Å². The number of amides is 3. The molecule has 0 bridgehead atoms. The average Bonchev–Trinajstić information content (AvgIpc) is 3.00. The van der Waals surface area contributed by atoms with Crippen LogP contribution in [0.3, 0.4) is 0 Å². The van der Waals surface area contributed by atoms with Gasteiger partial charge < -0.3 is 20.6 Å². The summed E-state index contributed by atoms with van der Waals surface area (Å²) < 4.78 is 13.9. The SMILES string of the molecule is CC(C)C[C@H](NC(=O)CNC(=O)C1CC(=O)N(c2ccccc2F)C1)C(=O)O. The number of anilines is 1. The van der Waals surface area contributed by atoms with Crippen LogP contribution >= 0.6 is 0 Å². The lowest BCUT2D eigenvalue weighted by molar-refractivity contribution is -0.142. The zero-order chi connectivity index (χ0) is 20.8. The monoisotopic (exact) mass is 393 g/mol. The minimum Gasteiger partial charge on any atom is -0.480 e. The van der Waals surface area contributed by atoms with Gasteiger partial charge in [0.15, 0.2) is 0 Å². The highest BCUT2D eigenvalue weighted by atomic mass is 19.1. The second-order valence-electron chi connectivity index (χ2n) is 7.16. The maximum absolute atomic E-state index is 13.9. The van der Waals surface area contributed by atoms with Crippen LogP contribution in [0.4, 0.5) is 10.1 Å². The molecule has 1 aromatic carbocycles. The molecule has 152 valence electrons. The number of hydrogen-bond acceptors (Lipinski definition) is 4. The van der Waals surface area contributed by atoms with Crippen molar-refractivity contribution in [2.24, 2.45) is 11.8 Å². The number of aliphatic carboxylic acids is 1. The van der Waals surface area contributed by atoms with Crippen LogP contribution in [0.5, 0.6) is 0 Å². The predicted octanol–water partition coefficient (Wildman–Crippen LogP) is 0.910. The molecule has 1 aromatic rings. The number of para-hydroxylation sites is 1. The topological polar surface area (TPSA) is 116 Å². The molecule has 1 heterocycles. The van der Waals surface area contributed by atoms with E-state index in [1.807, 2.05) is 13.8 Å². The van der Waals surface area contributed by atoms with Crippen molar-refractivity contribution in [3.63, 3.8) is 0 Å². The molecule has 0 saturated carbocycles. The third-order valence-electron chi connectivity index (χ3n) is 4.40. The van der Waals surface area contributed by atoms with Gasteiger partial charge in [-0.15, -0.1) is 0 Å². The number of carbonyl (C=O) groups excluding carboxylic acids is 3. The second-order valence-corrected chi connectivity index (χ2v) is 7.16. The van der Waals surface area contributed by atoms with Gasteiger partial charge in [-0.2, -0.15) is 0 Å². The summed E-state index contributed by atoms with van der Waals surface area (Å²) in [7, 11) is 0. The second kappa shape index (κ2) is 9.29. The molecule has 0 aliphatic carbocycles. The van der Waals surface area contributed by atoms with Crippen molar-refractivity contribution in [1.82, 2.24) is 10.6 Å². The summed E-state index contributed by atoms with van der Waals surface area (Å²) in [6, 6.07) is 4.76. The number of carbonyl (C=O) groups is 4. The molecule has 28 heavy (non-hydrogen) atoms. The molecule has 1 aliphatic rings. The summed E-state index contributed by atoms with van der Waals surface area (Å²) in [5, 5.41) is 13.9. The summed E-state index contributed by atoms with van der Waals surface area (Å²) in [4.78, 5) is 48.7. The third-order valence-corrected chi connectivity index (χ3v) is 4.40. The lowest BCUT2D eigenvalue weighted by atomic mass is 10.0. The molecule has 0 spiro atoms. The van der Waals surface area contributed by atoms with Crippen molar-refractivity contribution >= 4 is 29.4 Å². The molecule has 1 aliphatic heterocycles. The zero-order valence-corrected chi connectivity index (χ0v) is 15.8. The highest BCUT2D eigenvalue weighted by Gasteiger charge is 2.36. The molecular weight excluding hydrogens is 369 g/mol. The summed E-state index contributed by atoms with van der Waals surface area (Å²) in [6.45, 7) is 3.29. The number of carboxylic acid groups (broad SMARTS) is 1. The van der Waals surface area contributed by atoms with Gasteiger partial charge in [0.1, 0.15) is 11.9 Å². The Morgan fingerprint density at radius 3 is 2.57 bits per heavy atom. The van der Waals surface area contributed by atoms with Gasteiger partial charge in [-0.25, -0.2) is 9.18 Å². The Morgan fingerprint density at radius 2 is 1.96 bits per heavy atom. The van der Waals surface area contributed by atoms with Gasteiger partial charge in [0.25, 0.3) is 0 Å². The maximum atomic E-state index is 13.9. The summed E-state index contributed by atoms with van der Waals surface area (Å²) >= 11 is 0. The molecule has 1 unspecified atom stereocenters. The molecular formula is C19H24FN3O5. The molecule has 3 N–H and O–H groups in total. The summed E-state index contributed by atoms with van der Waals surface area (Å²) in [6.07, 6.45) is 0.177. The fourth-order valence-electron chi connectivity index (χ4n) is 3.04. The molecule has 1 fully saturated rings. The van der Waals surface area contributed by atoms with E-state index in [2.05, 4.69) is 10.6 Å². The smallest absolute Gasteiger partial charge is 0.326 e. The number of hydrogen-bond donors (Lipinski definition) is 3. The Kier molecular flexibility index (Phi) is 7.08. The minimum absolute atomic E-state index is 0.0122. The van der Waals surface area contributed by atoms with E-state index in [0.717, 1.165) is 0 Å². The molecule has 0 aromatic heterocycles. The lowest BCUT2D eigenvalue weighted by Gasteiger charge is -2.18. The number of carboxylic acids is 1. The fraction of sp³-hybridized carbons (Fsp3) is 0.474. The van der Waals surface area contributed by atoms with Crippen molar-refractivity contribution in [2.45, 2.75) is 32.7 Å². The number of rotatable bonds is 8. The highest BCUT2D eigenvalue weighted by Crippen LogP contribution is 2.27. The van der Waals surface area contributed by atoms with E-state index in [1.54, 1.807) is 6.07 Å². The Morgan fingerprint density at radius 1 is 1.29 bits per heavy atom. The van der Waals surface area contributed by atoms with E-state index in [0.29, 0.717) is 0 Å². The molecule has 2 atom stereocenters. The first kappa shape index (κ1) is 21.3. The van der Waals surface area contributed by atoms with E-state index in [4.69, 9.17) is 5.11 Å². The molecule has 1 saturated heterocycles. The molecule has 2 rings (SSSR count). The van der Waals surface area contributed by atoms with Gasteiger partial charge in [0, 0.05) is 13.0 Å². The Labute approximate surface area is 162 Å². The Bertz CT molecular complexity index is 768. The number of benzene rings is 1. The minimum atomic E-state index is -1.14. The van der Waals surface area contributed by atoms with Crippen LogP contribution in [0.25, 0.3) is 0 Å². The van der Waals surface area contributed by atoms with E-state index < -0.39 is 42.1 Å². The van der Waals surface area contributed by atoms with Gasteiger partial charge >= 0.3 is 5.97 Å². The molecule has 0 radical (unpaired) electrons. The fourth-order valence-corrected chi connectivity index (χ4v) is 3.04. The number of nitrogens with one attached hydrogen (secondary N) is 2. The Hall–Kier alpha value is -2.97. The quantitative estimate of drug-likeness (QED) is 0.607. The Balaban J connectivity index is 1.88. The van der Waals surface area contributed by atoms with E-state index >= 15 is 0 Å². The van der Waals surface area contributed by atoms with Gasteiger partial charge in [-0.05, 0) is 24.5 Å². The largest absolute Gasteiger partial charge is 0.480 e. The van der Waals surface area contributed by atoms with Crippen LogP contribution in [-0.2, 0) is 19.2 Å². The van der Waals surface area contributed by atoms with E-state index in [9.17, 15) is 23.6 Å². The van der Waals surface area contributed by atoms with Gasteiger partial charge in [-0.1, -0.05) is 26.0 Å². The first-order valence-corrected chi connectivity index (χ1v) is 9.03. The van der Waals surface area contributed by atoms with Crippen molar-refractivity contribution in [3.8, 4) is 0 Å². The molecule has 3 amide bonds. The summed E-state index contributed by atoms with van der Waals surface area (Å²) in [5.41, 5.74) is 0.110. The summed E-state index contributed by atoms with van der Waals surface area (Å²) in [5.74, 6) is -3.86. The van der Waals surface area contributed by atoms with Crippen LogP contribution in [0.2, 0.25) is 0 Å². The molecule has 9 heteroatoms. The van der Waals surface area contributed by atoms with Gasteiger partial charge in [0.05, 0.1) is 18.2 Å². The number of nitrogens with zero attached hydrogens (tertiary/aromatic N) is 1. The number of halogens is 1. The van der Waals surface area contributed by atoms with Crippen molar-refractivity contribution in [1.29, 1.82) is 0 Å². The van der Waals surface area contributed by atoms with Gasteiger partial charge in [-0.3, -0.25) is 14.4 Å². The predicted molar refractivity (Wildman–Crippen MR) is 98.9 cm³/mol. The average molecular weight is 393 g/mol. The van der Waals surface area contributed by atoms with Gasteiger partial charge in [0.2, 0.25) is 17.7 Å². The van der Waals surface area contributed by atoms with E-state index in [1.165, 1.54) is 23.1 Å². The van der Waals surface area contributed by atoms with Crippen LogP contribution in [0.1, 0.15) is 26.7 Å². The van der Waals surface area contributed by atoms with Crippen LogP contribution in [0, 0.1) is 17.7 Å². The third kappa shape index (κ3) is 5.51. The van der Waals surface area contributed by atoms with Crippen LogP contribution in [0.15, 0.2) is 24.3 Å². The van der Waals surface area contributed by atoms with Crippen LogP contribution in [-0.4, -0.2) is 47.9 Å². The first-order valence-electron chi connectivity index (χ1n) is 9.03. The zero-order valence-electron chi connectivity index (χ0n) is 15.8.